The van der Waals surface area contributed by atoms with Crippen molar-refractivity contribution >= 4 is 15.9 Å². The number of hydrogen-bond donors (Lipinski definition) is 0. The Kier molecular flexibility index (Phi) is 3.05. The second-order valence-electron chi connectivity index (χ2n) is 7.47. The molecule has 1 aromatic rings. The summed E-state index contributed by atoms with van der Waals surface area (Å²) in [6, 6.07) is 8.57. The van der Waals surface area contributed by atoms with Crippen molar-refractivity contribution in [2.24, 2.45) is 5.92 Å². The average molecular weight is 334 g/mol. The lowest BCUT2D eigenvalue weighted by atomic mass is 9.73. The molecule has 1 saturated heterocycles. The maximum absolute atomic E-state index is 3.67. The number of hydrogen-bond acceptors (Lipinski definition) is 1. The molecule has 1 aliphatic heterocycles. The van der Waals surface area contributed by atoms with Crippen LogP contribution in [-0.4, -0.2) is 17.5 Å². The summed E-state index contributed by atoms with van der Waals surface area (Å²) >= 11 is 3.67. The number of rotatable bonds is 1. The summed E-state index contributed by atoms with van der Waals surface area (Å²) in [6.07, 6.45) is 7.07. The third-order valence-electron chi connectivity index (χ3n) is 6.17. The van der Waals surface area contributed by atoms with E-state index in [1.807, 2.05) is 0 Å². The SMILES string of the molecule is CC1(C)c2cc(Br)ccc2C2C1CCCN2C1CCC1. The molecule has 108 valence electrons. The first kappa shape index (κ1) is 13.3. The molecule has 0 amide bonds. The predicted octanol–water partition coefficient (Wildman–Crippen LogP) is 5.05. The van der Waals surface area contributed by atoms with Crippen LogP contribution in [0.2, 0.25) is 0 Å². The van der Waals surface area contributed by atoms with E-state index in [2.05, 4.69) is 52.9 Å². The minimum absolute atomic E-state index is 0.326. The Labute approximate surface area is 130 Å². The van der Waals surface area contributed by atoms with Gasteiger partial charge in [0.15, 0.2) is 0 Å². The highest BCUT2D eigenvalue weighted by atomic mass is 79.9. The Morgan fingerprint density at radius 2 is 1.95 bits per heavy atom. The molecule has 20 heavy (non-hydrogen) atoms. The zero-order valence-electron chi connectivity index (χ0n) is 12.5. The molecule has 4 rings (SSSR count). The highest BCUT2D eigenvalue weighted by Gasteiger charge is 2.51. The molecule has 1 saturated carbocycles. The molecular formula is C18H24BrN. The van der Waals surface area contributed by atoms with E-state index >= 15 is 0 Å². The lowest BCUT2D eigenvalue weighted by Gasteiger charge is -2.48. The molecule has 2 atom stereocenters. The van der Waals surface area contributed by atoms with Gasteiger partial charge >= 0.3 is 0 Å². The van der Waals surface area contributed by atoms with Crippen LogP contribution in [0.4, 0.5) is 0 Å². The van der Waals surface area contributed by atoms with E-state index in [1.165, 1.54) is 43.1 Å². The van der Waals surface area contributed by atoms with Gasteiger partial charge in [-0.1, -0.05) is 42.3 Å². The number of halogens is 1. The smallest absolute Gasteiger partial charge is 0.0390 e. The molecule has 0 radical (unpaired) electrons. The Balaban J connectivity index is 1.80. The van der Waals surface area contributed by atoms with Crippen molar-refractivity contribution < 1.29 is 0 Å². The summed E-state index contributed by atoms with van der Waals surface area (Å²) in [5, 5.41) is 0. The van der Waals surface area contributed by atoms with Gasteiger partial charge in [-0.25, -0.2) is 0 Å². The van der Waals surface area contributed by atoms with Crippen molar-refractivity contribution in [1.82, 2.24) is 4.90 Å². The standard InChI is InChI=1S/C18H24BrN/c1-18(2)15-7-4-10-20(13-5-3-6-13)17(15)14-9-8-12(19)11-16(14)18/h8-9,11,13,15,17H,3-7,10H2,1-2H3. The van der Waals surface area contributed by atoms with Gasteiger partial charge in [0.2, 0.25) is 0 Å². The average Bonchev–Trinajstić information content (AvgIpc) is 2.58. The number of piperidine rings is 1. The number of likely N-dealkylation sites (tertiary alicyclic amines) is 1. The van der Waals surface area contributed by atoms with Crippen LogP contribution in [0.1, 0.15) is 63.1 Å². The topological polar surface area (TPSA) is 3.24 Å². The first-order valence-corrected chi connectivity index (χ1v) is 8.94. The van der Waals surface area contributed by atoms with Crippen molar-refractivity contribution in [1.29, 1.82) is 0 Å². The normalized spacial score (nSPS) is 32.5. The third-order valence-corrected chi connectivity index (χ3v) is 6.66. The van der Waals surface area contributed by atoms with E-state index in [1.54, 1.807) is 11.1 Å². The third kappa shape index (κ3) is 1.77. The Morgan fingerprint density at radius 3 is 2.65 bits per heavy atom. The first-order chi connectivity index (χ1) is 9.59. The van der Waals surface area contributed by atoms with Crippen LogP contribution < -0.4 is 0 Å². The molecular weight excluding hydrogens is 310 g/mol. The second-order valence-corrected chi connectivity index (χ2v) is 8.39. The molecule has 0 N–H and O–H groups in total. The number of fused-ring (bicyclic) bond motifs is 3. The van der Waals surface area contributed by atoms with Crippen LogP contribution in [0.5, 0.6) is 0 Å². The summed E-state index contributed by atoms with van der Waals surface area (Å²) in [4.78, 5) is 2.86. The fourth-order valence-corrected chi connectivity index (χ4v) is 5.21. The van der Waals surface area contributed by atoms with Gasteiger partial charge in [0.05, 0.1) is 0 Å². The maximum Gasteiger partial charge on any atom is 0.0390 e. The van der Waals surface area contributed by atoms with Crippen LogP contribution in [0, 0.1) is 5.92 Å². The van der Waals surface area contributed by atoms with Crippen LogP contribution in [-0.2, 0) is 5.41 Å². The fourth-order valence-electron chi connectivity index (χ4n) is 4.84. The maximum atomic E-state index is 3.67. The molecule has 0 spiro atoms. The van der Waals surface area contributed by atoms with E-state index in [0.717, 1.165) is 12.0 Å². The second kappa shape index (κ2) is 4.58. The van der Waals surface area contributed by atoms with Crippen LogP contribution in [0.25, 0.3) is 0 Å². The highest BCUT2D eigenvalue weighted by molar-refractivity contribution is 9.10. The molecule has 0 bridgehead atoms. The molecule has 2 unspecified atom stereocenters. The quantitative estimate of drug-likeness (QED) is 0.695. The Hall–Kier alpha value is -0.340. The van der Waals surface area contributed by atoms with E-state index in [4.69, 9.17) is 0 Å². The summed E-state index contributed by atoms with van der Waals surface area (Å²) in [6.45, 7) is 6.25. The Morgan fingerprint density at radius 1 is 1.15 bits per heavy atom. The van der Waals surface area contributed by atoms with E-state index in [9.17, 15) is 0 Å². The largest absolute Gasteiger partial charge is 0.293 e. The molecule has 2 aliphatic carbocycles. The Bertz CT molecular complexity index is 532. The summed E-state index contributed by atoms with van der Waals surface area (Å²) < 4.78 is 1.23. The molecule has 0 aromatic heterocycles. The van der Waals surface area contributed by atoms with E-state index < -0.39 is 0 Å². The van der Waals surface area contributed by atoms with Gasteiger partial charge in [-0.2, -0.15) is 0 Å². The summed E-state index contributed by atoms with van der Waals surface area (Å²) in [5.41, 5.74) is 3.54. The van der Waals surface area contributed by atoms with Crippen molar-refractivity contribution in [2.45, 2.75) is 63.5 Å². The van der Waals surface area contributed by atoms with Gasteiger partial charge in [0, 0.05) is 16.6 Å². The number of benzene rings is 1. The van der Waals surface area contributed by atoms with Gasteiger partial charge in [0.1, 0.15) is 0 Å². The monoisotopic (exact) mass is 333 g/mol. The lowest BCUT2D eigenvalue weighted by Crippen LogP contribution is -2.48. The van der Waals surface area contributed by atoms with Gasteiger partial charge < -0.3 is 0 Å². The fraction of sp³-hybridized carbons (Fsp3) is 0.667. The van der Waals surface area contributed by atoms with E-state index in [0.29, 0.717) is 11.5 Å². The van der Waals surface area contributed by atoms with Crippen molar-refractivity contribution in [3.8, 4) is 0 Å². The van der Waals surface area contributed by atoms with E-state index in [-0.39, 0.29) is 0 Å². The molecule has 1 nitrogen and oxygen atoms in total. The zero-order valence-corrected chi connectivity index (χ0v) is 14.1. The molecule has 2 fully saturated rings. The molecule has 3 aliphatic rings. The highest BCUT2D eigenvalue weighted by Crippen LogP contribution is 2.57. The van der Waals surface area contributed by atoms with Crippen molar-refractivity contribution in [3.05, 3.63) is 33.8 Å². The van der Waals surface area contributed by atoms with Crippen LogP contribution >= 0.6 is 15.9 Å². The van der Waals surface area contributed by atoms with Gasteiger partial charge in [-0.3, -0.25) is 4.90 Å². The van der Waals surface area contributed by atoms with Crippen molar-refractivity contribution in [2.75, 3.05) is 6.54 Å². The lowest BCUT2D eigenvalue weighted by molar-refractivity contribution is 0.00734. The van der Waals surface area contributed by atoms with Gasteiger partial charge in [-0.05, 0) is 66.8 Å². The molecule has 1 heterocycles. The molecule has 2 heteroatoms. The predicted molar refractivity (Wildman–Crippen MR) is 87.0 cm³/mol. The van der Waals surface area contributed by atoms with Crippen molar-refractivity contribution in [3.63, 3.8) is 0 Å². The van der Waals surface area contributed by atoms with Gasteiger partial charge in [-0.15, -0.1) is 0 Å². The van der Waals surface area contributed by atoms with Crippen LogP contribution in [0.15, 0.2) is 22.7 Å². The first-order valence-electron chi connectivity index (χ1n) is 8.15. The zero-order chi connectivity index (χ0) is 13.9. The summed E-state index contributed by atoms with van der Waals surface area (Å²) in [7, 11) is 0. The minimum Gasteiger partial charge on any atom is -0.293 e. The number of nitrogens with zero attached hydrogens (tertiary/aromatic N) is 1. The minimum atomic E-state index is 0.326. The summed E-state index contributed by atoms with van der Waals surface area (Å²) in [5.74, 6) is 0.807. The molecule has 1 aromatic carbocycles. The van der Waals surface area contributed by atoms with Crippen LogP contribution in [0.3, 0.4) is 0 Å². The van der Waals surface area contributed by atoms with Gasteiger partial charge in [0.25, 0.3) is 0 Å².